The molecule has 0 saturated carbocycles. The van der Waals surface area contributed by atoms with Crippen LogP contribution in [-0.2, 0) is 6.42 Å². The number of aryl methyl sites for hydroxylation is 1. The highest BCUT2D eigenvalue weighted by Gasteiger charge is 2.11. The van der Waals surface area contributed by atoms with Gasteiger partial charge in [0.05, 0.1) is 0 Å². The topological polar surface area (TPSA) is 12.0 Å². The van der Waals surface area contributed by atoms with Crippen LogP contribution in [0.15, 0.2) is 24.3 Å². The van der Waals surface area contributed by atoms with Crippen molar-refractivity contribution in [3.8, 4) is 0 Å². The molecule has 0 bridgehead atoms. The Kier molecular flexibility index (Phi) is 6.53. The molecule has 2 rings (SSSR count). The van der Waals surface area contributed by atoms with Gasteiger partial charge in [-0.25, -0.2) is 4.39 Å². The standard InChI is InChI=1S/C14H20FN.ClH/c15-14-6-4-12(5-7-14)2-1-3-13-8-10-16-11-9-13;/h4-7,13,16H,1-3,8-11H2;1H. The minimum absolute atomic E-state index is 0. The zero-order chi connectivity index (χ0) is 11.2. The Morgan fingerprint density at radius 1 is 1.18 bits per heavy atom. The molecule has 0 atom stereocenters. The molecule has 1 saturated heterocycles. The molecule has 1 heterocycles. The number of nitrogens with one attached hydrogen (secondary N) is 1. The van der Waals surface area contributed by atoms with Gasteiger partial charge in [0.15, 0.2) is 0 Å². The van der Waals surface area contributed by atoms with Gasteiger partial charge in [-0.15, -0.1) is 0 Å². The maximum absolute atomic E-state index is 12.7. The van der Waals surface area contributed by atoms with E-state index >= 15 is 0 Å². The monoisotopic (exact) mass is 257 g/mol. The average molecular weight is 258 g/mol. The molecular formula is C14H21ClFN. The van der Waals surface area contributed by atoms with E-state index in [1.165, 1.54) is 44.3 Å². The molecule has 1 N–H and O–H groups in total. The normalized spacial score (nSPS) is 16.5. The van der Waals surface area contributed by atoms with E-state index in [2.05, 4.69) is 5.32 Å². The van der Waals surface area contributed by atoms with Crippen LogP contribution < -0.4 is 17.7 Å². The number of halogens is 2. The molecular weight excluding hydrogens is 237 g/mol. The number of hydrogen-bond donors (Lipinski definition) is 1. The van der Waals surface area contributed by atoms with Crippen LogP contribution in [0, 0.1) is 11.7 Å². The summed E-state index contributed by atoms with van der Waals surface area (Å²) in [6.07, 6.45) is 6.28. The summed E-state index contributed by atoms with van der Waals surface area (Å²) in [5, 5.41) is 3.39. The third-order valence-corrected chi connectivity index (χ3v) is 3.45. The van der Waals surface area contributed by atoms with Crippen LogP contribution >= 0.6 is 0 Å². The van der Waals surface area contributed by atoms with Crippen LogP contribution in [0.5, 0.6) is 0 Å². The van der Waals surface area contributed by atoms with Gasteiger partial charge >= 0.3 is 1.43 Å². The van der Waals surface area contributed by atoms with Gasteiger partial charge in [0.2, 0.25) is 0 Å². The van der Waals surface area contributed by atoms with Gasteiger partial charge in [0.25, 0.3) is 0 Å². The highest BCUT2D eigenvalue weighted by molar-refractivity contribution is 5.15. The first-order valence-electron chi connectivity index (χ1n) is 6.30. The second-order valence-electron chi connectivity index (χ2n) is 4.71. The van der Waals surface area contributed by atoms with Crippen molar-refractivity contribution in [2.24, 2.45) is 5.92 Å². The number of rotatable bonds is 4. The van der Waals surface area contributed by atoms with E-state index in [9.17, 15) is 4.39 Å². The van der Waals surface area contributed by atoms with E-state index in [1.807, 2.05) is 12.1 Å². The fourth-order valence-corrected chi connectivity index (χ4v) is 2.42. The van der Waals surface area contributed by atoms with Crippen molar-refractivity contribution >= 4 is 0 Å². The van der Waals surface area contributed by atoms with Crippen molar-refractivity contribution in [2.45, 2.75) is 32.1 Å². The summed E-state index contributed by atoms with van der Waals surface area (Å²) in [5.74, 6) is 0.767. The Bertz CT molecular complexity index is 312. The van der Waals surface area contributed by atoms with E-state index in [0.29, 0.717) is 0 Å². The summed E-state index contributed by atoms with van der Waals surface area (Å²) in [4.78, 5) is 0. The highest BCUT2D eigenvalue weighted by Crippen LogP contribution is 2.19. The van der Waals surface area contributed by atoms with Crippen molar-refractivity contribution in [1.82, 2.24) is 5.32 Å². The zero-order valence-corrected chi connectivity index (χ0v) is 10.8. The van der Waals surface area contributed by atoms with Gasteiger partial charge in [0, 0.05) is 0 Å². The van der Waals surface area contributed by atoms with Gasteiger partial charge in [-0.2, -0.15) is 0 Å². The molecule has 0 radical (unpaired) electrons. The summed E-state index contributed by atoms with van der Waals surface area (Å²) in [6, 6.07) is 6.91. The predicted octanol–water partition coefficient (Wildman–Crippen LogP) is 0.264. The summed E-state index contributed by atoms with van der Waals surface area (Å²) in [7, 11) is 0. The smallest absolute Gasteiger partial charge is 1.00 e. The van der Waals surface area contributed by atoms with Crippen LogP contribution in [0.4, 0.5) is 4.39 Å². The van der Waals surface area contributed by atoms with Gasteiger partial charge in [-0.3, -0.25) is 0 Å². The molecule has 0 amide bonds. The molecule has 17 heavy (non-hydrogen) atoms. The van der Waals surface area contributed by atoms with Gasteiger partial charge in [0.1, 0.15) is 5.82 Å². The Morgan fingerprint density at radius 2 is 1.82 bits per heavy atom. The quantitative estimate of drug-likeness (QED) is 0.816. The molecule has 1 aromatic carbocycles. The Hall–Kier alpha value is -0.600. The maximum atomic E-state index is 12.7. The van der Waals surface area contributed by atoms with Crippen molar-refractivity contribution in [3.63, 3.8) is 0 Å². The molecule has 96 valence electrons. The SMILES string of the molecule is Fc1ccc(CCCC2CCNCC2)cc1.[Cl-].[H+]. The van der Waals surface area contributed by atoms with Crippen molar-refractivity contribution in [2.75, 3.05) is 13.1 Å². The molecule has 1 nitrogen and oxygen atoms in total. The van der Waals surface area contributed by atoms with E-state index in [4.69, 9.17) is 0 Å². The first-order chi connectivity index (χ1) is 7.84. The molecule has 3 heteroatoms. The van der Waals surface area contributed by atoms with Crippen molar-refractivity contribution < 1.29 is 18.2 Å². The summed E-state index contributed by atoms with van der Waals surface area (Å²) >= 11 is 0. The summed E-state index contributed by atoms with van der Waals surface area (Å²) < 4.78 is 12.7. The molecule has 0 aromatic heterocycles. The third-order valence-electron chi connectivity index (χ3n) is 3.45. The lowest BCUT2D eigenvalue weighted by molar-refractivity contribution is -0.00000404. The highest BCUT2D eigenvalue weighted by atomic mass is 35.5. The lowest BCUT2D eigenvalue weighted by atomic mass is 9.92. The molecule has 1 aromatic rings. The maximum Gasteiger partial charge on any atom is 1.00 e. The van der Waals surface area contributed by atoms with E-state index < -0.39 is 0 Å². The van der Waals surface area contributed by atoms with Crippen LogP contribution in [-0.4, -0.2) is 13.1 Å². The fourth-order valence-electron chi connectivity index (χ4n) is 2.42. The van der Waals surface area contributed by atoms with E-state index in [0.717, 1.165) is 12.3 Å². The van der Waals surface area contributed by atoms with Crippen molar-refractivity contribution in [3.05, 3.63) is 35.6 Å². The number of piperidine rings is 1. The number of benzene rings is 1. The fraction of sp³-hybridized carbons (Fsp3) is 0.571. The average Bonchev–Trinajstić information content (AvgIpc) is 2.33. The summed E-state index contributed by atoms with van der Waals surface area (Å²) in [6.45, 7) is 2.36. The molecule has 0 unspecified atom stereocenters. The number of hydrogen-bond acceptors (Lipinski definition) is 1. The predicted molar refractivity (Wildman–Crippen MR) is 66.0 cm³/mol. The first kappa shape index (κ1) is 14.5. The summed E-state index contributed by atoms with van der Waals surface area (Å²) in [5.41, 5.74) is 1.26. The second-order valence-corrected chi connectivity index (χ2v) is 4.71. The van der Waals surface area contributed by atoms with Crippen LogP contribution in [0.3, 0.4) is 0 Å². The Labute approximate surface area is 111 Å². The zero-order valence-electron chi connectivity index (χ0n) is 11.1. The lowest BCUT2D eigenvalue weighted by Crippen LogP contribution is -3.00. The second kappa shape index (κ2) is 7.67. The van der Waals surface area contributed by atoms with Gasteiger partial charge in [-0.1, -0.05) is 18.6 Å². The Morgan fingerprint density at radius 3 is 2.47 bits per heavy atom. The largest absolute Gasteiger partial charge is 1.00 e. The molecule has 1 aliphatic rings. The molecule has 1 fully saturated rings. The minimum atomic E-state index is -0.137. The van der Waals surface area contributed by atoms with Gasteiger partial charge in [-0.05, 0) is 62.4 Å². The van der Waals surface area contributed by atoms with Crippen molar-refractivity contribution in [1.29, 1.82) is 0 Å². The molecule has 0 spiro atoms. The first-order valence-corrected chi connectivity index (χ1v) is 6.30. The Balaban J connectivity index is 0.00000144. The third kappa shape index (κ3) is 5.05. The molecule has 0 aliphatic carbocycles. The van der Waals surface area contributed by atoms with Crippen LogP contribution in [0.1, 0.15) is 32.7 Å². The van der Waals surface area contributed by atoms with Crippen LogP contribution in [0.25, 0.3) is 0 Å². The molecule has 1 aliphatic heterocycles. The van der Waals surface area contributed by atoms with E-state index in [1.54, 1.807) is 12.1 Å². The van der Waals surface area contributed by atoms with Gasteiger partial charge < -0.3 is 17.7 Å². The van der Waals surface area contributed by atoms with E-state index in [-0.39, 0.29) is 19.7 Å². The minimum Gasteiger partial charge on any atom is -1.00 e. The van der Waals surface area contributed by atoms with Crippen LogP contribution in [0.2, 0.25) is 0 Å². The lowest BCUT2D eigenvalue weighted by Gasteiger charge is -2.22.